The average molecular weight is 329 g/mol. The maximum atomic E-state index is 10.3. The van der Waals surface area contributed by atoms with Crippen LogP contribution < -0.4 is 0 Å². The van der Waals surface area contributed by atoms with E-state index >= 15 is 0 Å². The fourth-order valence-corrected chi connectivity index (χ4v) is 3.04. The number of aromatic nitrogens is 4. The zero-order valence-corrected chi connectivity index (χ0v) is 12.9. The molecule has 0 bridgehead atoms. The molecule has 1 aliphatic carbocycles. The number of halogens is 1. The molecular formula is C16H13ClN4O2. The van der Waals surface area contributed by atoms with Crippen LogP contribution in [-0.4, -0.2) is 25.2 Å². The number of aromatic hydroxyl groups is 1. The van der Waals surface area contributed by atoms with E-state index in [4.69, 9.17) is 16.1 Å². The molecule has 0 saturated carbocycles. The van der Waals surface area contributed by atoms with Crippen LogP contribution in [-0.2, 0) is 12.8 Å². The molecule has 0 spiro atoms. The van der Waals surface area contributed by atoms with Gasteiger partial charge in [0, 0.05) is 6.20 Å². The summed E-state index contributed by atoms with van der Waals surface area (Å²) in [6.07, 6.45) is 7.14. The van der Waals surface area contributed by atoms with Crippen LogP contribution in [0.4, 0.5) is 0 Å². The van der Waals surface area contributed by atoms with Crippen LogP contribution in [0, 0.1) is 0 Å². The van der Waals surface area contributed by atoms with E-state index in [0.29, 0.717) is 16.3 Å². The molecule has 1 N–H and O–H groups in total. The van der Waals surface area contributed by atoms with Gasteiger partial charge in [-0.15, -0.1) is 0 Å². The van der Waals surface area contributed by atoms with Gasteiger partial charge in [-0.2, -0.15) is 4.98 Å². The Balaban J connectivity index is 1.76. The number of hydrogen-bond donors (Lipinski definition) is 1. The molecule has 2 aromatic heterocycles. The number of aryl methyl sites for hydroxylation is 2. The zero-order chi connectivity index (χ0) is 15.8. The molecule has 116 valence electrons. The van der Waals surface area contributed by atoms with Crippen molar-refractivity contribution >= 4 is 11.6 Å². The third-order valence-corrected chi connectivity index (χ3v) is 4.27. The van der Waals surface area contributed by atoms with Crippen molar-refractivity contribution in [2.75, 3.05) is 0 Å². The van der Waals surface area contributed by atoms with Gasteiger partial charge in [-0.3, -0.25) is 0 Å². The molecule has 0 amide bonds. The Kier molecular flexibility index (Phi) is 3.46. The lowest BCUT2D eigenvalue weighted by molar-refractivity contribution is 0.425. The normalized spacial score (nSPS) is 13.8. The first kappa shape index (κ1) is 14.1. The second-order valence-corrected chi connectivity index (χ2v) is 5.89. The van der Waals surface area contributed by atoms with Gasteiger partial charge in [-0.1, -0.05) is 16.8 Å². The molecule has 2 heterocycles. The quantitative estimate of drug-likeness (QED) is 0.775. The molecule has 1 aromatic carbocycles. The van der Waals surface area contributed by atoms with Crippen LogP contribution in [0.2, 0.25) is 5.02 Å². The zero-order valence-electron chi connectivity index (χ0n) is 12.2. The second kappa shape index (κ2) is 5.62. The Bertz CT molecular complexity index is 878. The highest BCUT2D eigenvalue weighted by Gasteiger charge is 2.20. The van der Waals surface area contributed by atoms with Crippen LogP contribution in [0.15, 0.2) is 29.2 Å². The van der Waals surface area contributed by atoms with Crippen molar-refractivity contribution in [2.24, 2.45) is 0 Å². The Morgan fingerprint density at radius 1 is 1.13 bits per heavy atom. The Labute approximate surface area is 137 Å². The van der Waals surface area contributed by atoms with Crippen LogP contribution in [0.1, 0.15) is 24.0 Å². The predicted octanol–water partition coefficient (Wildman–Crippen LogP) is 3.43. The molecule has 0 radical (unpaired) electrons. The van der Waals surface area contributed by atoms with Crippen molar-refractivity contribution in [1.29, 1.82) is 0 Å². The van der Waals surface area contributed by atoms with Crippen molar-refractivity contribution in [3.05, 3.63) is 40.8 Å². The van der Waals surface area contributed by atoms with Crippen molar-refractivity contribution in [2.45, 2.75) is 25.7 Å². The van der Waals surface area contributed by atoms with Crippen LogP contribution in [0.5, 0.6) is 5.75 Å². The third-order valence-electron chi connectivity index (χ3n) is 4.00. The molecule has 23 heavy (non-hydrogen) atoms. The number of phenolic OH excluding ortho intramolecular Hbond substituents is 1. The van der Waals surface area contributed by atoms with Gasteiger partial charge < -0.3 is 9.63 Å². The minimum absolute atomic E-state index is 0.148. The second-order valence-electron chi connectivity index (χ2n) is 5.49. The molecule has 0 fully saturated rings. The summed E-state index contributed by atoms with van der Waals surface area (Å²) in [5, 5.41) is 14.5. The summed E-state index contributed by atoms with van der Waals surface area (Å²) in [5.41, 5.74) is 3.35. The Morgan fingerprint density at radius 2 is 1.91 bits per heavy atom. The molecule has 0 atom stereocenters. The van der Waals surface area contributed by atoms with E-state index in [-0.39, 0.29) is 17.5 Å². The van der Waals surface area contributed by atoms with E-state index in [9.17, 15) is 5.11 Å². The lowest BCUT2D eigenvalue weighted by Gasteiger charge is -2.16. The van der Waals surface area contributed by atoms with Gasteiger partial charge in [-0.25, -0.2) is 9.97 Å². The van der Waals surface area contributed by atoms with Gasteiger partial charge >= 0.3 is 0 Å². The topological polar surface area (TPSA) is 84.9 Å². The molecule has 3 aromatic rings. The first-order valence-corrected chi connectivity index (χ1v) is 7.75. The molecule has 0 saturated heterocycles. The average Bonchev–Trinajstić information content (AvgIpc) is 3.04. The molecule has 7 heteroatoms. The monoisotopic (exact) mass is 328 g/mol. The molecule has 6 nitrogen and oxygen atoms in total. The smallest absolute Gasteiger partial charge is 0.262 e. The Hall–Kier alpha value is -2.47. The van der Waals surface area contributed by atoms with Crippen molar-refractivity contribution in [3.63, 3.8) is 0 Å². The van der Waals surface area contributed by atoms with Crippen LogP contribution >= 0.6 is 11.6 Å². The van der Waals surface area contributed by atoms with E-state index in [2.05, 4.69) is 20.1 Å². The van der Waals surface area contributed by atoms with E-state index in [1.807, 2.05) is 6.07 Å². The van der Waals surface area contributed by atoms with Gasteiger partial charge in [0.05, 0.1) is 10.6 Å². The van der Waals surface area contributed by atoms with Crippen molar-refractivity contribution in [1.82, 2.24) is 20.1 Å². The third kappa shape index (κ3) is 2.55. The fraction of sp³-hybridized carbons (Fsp3) is 0.250. The van der Waals surface area contributed by atoms with Gasteiger partial charge in [0.1, 0.15) is 17.8 Å². The molecule has 4 rings (SSSR count). The lowest BCUT2D eigenvalue weighted by atomic mass is 9.90. The summed E-state index contributed by atoms with van der Waals surface area (Å²) >= 11 is 6.04. The van der Waals surface area contributed by atoms with Gasteiger partial charge in [-0.05, 0) is 48.9 Å². The number of hydrogen-bond acceptors (Lipinski definition) is 6. The predicted molar refractivity (Wildman–Crippen MR) is 84.1 cm³/mol. The number of rotatable bonds is 2. The van der Waals surface area contributed by atoms with Crippen molar-refractivity contribution in [3.8, 4) is 28.7 Å². The summed E-state index contributed by atoms with van der Waals surface area (Å²) in [4.78, 5) is 12.2. The summed E-state index contributed by atoms with van der Waals surface area (Å²) in [7, 11) is 0. The highest BCUT2D eigenvalue weighted by atomic mass is 35.5. The maximum Gasteiger partial charge on any atom is 0.262 e. The summed E-state index contributed by atoms with van der Waals surface area (Å²) in [6, 6.07) is 3.73. The number of phenols is 1. The lowest BCUT2D eigenvalue weighted by Crippen LogP contribution is -2.02. The van der Waals surface area contributed by atoms with E-state index < -0.39 is 0 Å². The maximum absolute atomic E-state index is 10.3. The molecule has 0 aliphatic heterocycles. The van der Waals surface area contributed by atoms with Crippen LogP contribution in [0.25, 0.3) is 23.0 Å². The minimum Gasteiger partial charge on any atom is -0.507 e. The summed E-state index contributed by atoms with van der Waals surface area (Å²) < 4.78 is 5.29. The number of nitrogens with zero attached hydrogens (tertiary/aromatic N) is 4. The largest absolute Gasteiger partial charge is 0.507 e. The fourth-order valence-electron chi connectivity index (χ4n) is 2.85. The summed E-state index contributed by atoms with van der Waals surface area (Å²) in [6.45, 7) is 0. The highest BCUT2D eigenvalue weighted by Crippen LogP contribution is 2.35. The highest BCUT2D eigenvalue weighted by molar-refractivity contribution is 6.32. The van der Waals surface area contributed by atoms with Gasteiger partial charge in [0.15, 0.2) is 0 Å². The van der Waals surface area contributed by atoms with Gasteiger partial charge in [0.2, 0.25) is 5.82 Å². The van der Waals surface area contributed by atoms with E-state index in [0.717, 1.165) is 25.7 Å². The number of benzene rings is 1. The van der Waals surface area contributed by atoms with Crippen molar-refractivity contribution < 1.29 is 9.63 Å². The standard InChI is InChI=1S/C16H13ClN4O2/c17-12-7-18-8-19-14(12)15-20-16(23-21-15)11-5-9-3-1-2-4-10(9)6-13(11)22/h5-8,22H,1-4H2. The Morgan fingerprint density at radius 3 is 2.70 bits per heavy atom. The minimum atomic E-state index is 0.148. The summed E-state index contributed by atoms with van der Waals surface area (Å²) in [5.74, 6) is 0.666. The van der Waals surface area contributed by atoms with Gasteiger partial charge in [0.25, 0.3) is 5.89 Å². The number of fused-ring (bicyclic) bond motifs is 1. The van der Waals surface area contributed by atoms with E-state index in [1.165, 1.54) is 23.7 Å². The first-order chi connectivity index (χ1) is 11.2. The van der Waals surface area contributed by atoms with E-state index in [1.54, 1.807) is 6.07 Å². The molecule has 0 unspecified atom stereocenters. The van der Waals surface area contributed by atoms with Crippen LogP contribution in [0.3, 0.4) is 0 Å². The molecular weight excluding hydrogens is 316 g/mol. The molecule has 1 aliphatic rings. The SMILES string of the molecule is Oc1cc2c(cc1-c1nc(-c3ncncc3Cl)no1)CCCC2. The first-order valence-electron chi connectivity index (χ1n) is 7.37.